The van der Waals surface area contributed by atoms with Crippen molar-refractivity contribution in [1.29, 1.82) is 0 Å². The Labute approximate surface area is 228 Å². The Bertz CT molecular complexity index is 1330. The zero-order valence-corrected chi connectivity index (χ0v) is 22.6. The number of halogens is 2. The lowest BCUT2D eigenvalue weighted by Crippen LogP contribution is -2.35. The molecule has 0 radical (unpaired) electrons. The van der Waals surface area contributed by atoms with Crippen LogP contribution < -0.4 is 26.0 Å². The maximum absolute atomic E-state index is 14.5. The first-order chi connectivity index (χ1) is 18.3. The molecule has 3 aromatic rings. The molecule has 1 aliphatic heterocycles. The molecule has 1 fully saturated rings. The van der Waals surface area contributed by atoms with Crippen LogP contribution >= 0.6 is 15.9 Å². The van der Waals surface area contributed by atoms with Crippen molar-refractivity contribution < 1.29 is 18.7 Å². The summed E-state index contributed by atoms with van der Waals surface area (Å²) in [5.74, 6) is 0.119. The second kappa shape index (κ2) is 12.8. The first-order valence-corrected chi connectivity index (χ1v) is 13.2. The van der Waals surface area contributed by atoms with Crippen LogP contribution in [0.2, 0.25) is 0 Å². The minimum Gasteiger partial charge on any atom is -0.488 e. The van der Waals surface area contributed by atoms with Crippen molar-refractivity contribution in [2.45, 2.75) is 32.3 Å². The van der Waals surface area contributed by atoms with E-state index in [1.54, 1.807) is 24.3 Å². The van der Waals surface area contributed by atoms with Gasteiger partial charge in [-0.05, 0) is 69.1 Å². The minimum absolute atomic E-state index is 0.0570. The fourth-order valence-electron chi connectivity index (χ4n) is 4.29. The largest absolute Gasteiger partial charge is 0.488 e. The standard InChI is InChI=1S/C27H30BrFN6O3/c1-3-25(36)31-11-8-26(37)34-23-13-19-22(14-24(23)38-16(2)17-6-9-30-10-7-17)32-15-33-27(19)35-21-5-4-18(28)12-20(21)29/h3-5,12-17,30H,1,6-11H2,2H3,(H,31,36)(H,34,37)(H,32,33,35). The van der Waals surface area contributed by atoms with Crippen LogP contribution in [-0.2, 0) is 9.59 Å². The zero-order chi connectivity index (χ0) is 27.1. The van der Waals surface area contributed by atoms with Gasteiger partial charge in [0.05, 0.1) is 23.0 Å². The number of benzene rings is 2. The number of hydrogen-bond acceptors (Lipinski definition) is 7. The first kappa shape index (κ1) is 27.5. The molecule has 0 aliphatic carbocycles. The molecule has 1 aromatic heterocycles. The molecule has 0 bridgehead atoms. The monoisotopic (exact) mass is 584 g/mol. The molecule has 2 amide bonds. The quantitative estimate of drug-likeness (QED) is 0.256. The Morgan fingerprint density at radius 2 is 2.03 bits per heavy atom. The summed E-state index contributed by atoms with van der Waals surface area (Å²) in [5.41, 5.74) is 1.26. The van der Waals surface area contributed by atoms with Crippen LogP contribution in [0.25, 0.3) is 10.9 Å². The van der Waals surface area contributed by atoms with Gasteiger partial charge in [0, 0.05) is 28.9 Å². The van der Waals surface area contributed by atoms with Gasteiger partial charge in [0.25, 0.3) is 0 Å². The van der Waals surface area contributed by atoms with E-state index in [0.717, 1.165) is 32.0 Å². The molecule has 1 saturated heterocycles. The summed E-state index contributed by atoms with van der Waals surface area (Å²) in [6, 6.07) is 8.16. The second-order valence-electron chi connectivity index (χ2n) is 9.04. The number of anilines is 3. The highest BCUT2D eigenvalue weighted by molar-refractivity contribution is 9.10. The maximum Gasteiger partial charge on any atom is 0.243 e. The van der Waals surface area contributed by atoms with Crippen LogP contribution in [0.5, 0.6) is 5.75 Å². The summed E-state index contributed by atoms with van der Waals surface area (Å²) in [7, 11) is 0. The van der Waals surface area contributed by atoms with Crippen LogP contribution in [0.4, 0.5) is 21.6 Å². The van der Waals surface area contributed by atoms with E-state index in [-0.39, 0.29) is 36.6 Å². The molecule has 1 aliphatic rings. The van der Waals surface area contributed by atoms with Gasteiger partial charge in [-0.15, -0.1) is 0 Å². The smallest absolute Gasteiger partial charge is 0.243 e. The van der Waals surface area contributed by atoms with Gasteiger partial charge < -0.3 is 26.0 Å². The third-order valence-corrected chi connectivity index (χ3v) is 6.89. The van der Waals surface area contributed by atoms with Crippen molar-refractivity contribution in [3.05, 3.63) is 59.6 Å². The van der Waals surface area contributed by atoms with E-state index >= 15 is 0 Å². The van der Waals surface area contributed by atoms with Crippen molar-refractivity contribution in [2.75, 3.05) is 30.3 Å². The molecule has 0 saturated carbocycles. The Morgan fingerprint density at radius 3 is 2.76 bits per heavy atom. The lowest BCUT2D eigenvalue weighted by molar-refractivity contribution is -0.117. The SMILES string of the molecule is C=CC(=O)NCCC(=O)Nc1cc2c(Nc3ccc(Br)cc3F)ncnc2cc1OC(C)C1CCNCC1. The molecule has 4 N–H and O–H groups in total. The molecular formula is C27H30BrFN6O3. The van der Waals surface area contributed by atoms with Crippen molar-refractivity contribution in [2.24, 2.45) is 5.92 Å². The average molecular weight is 585 g/mol. The van der Waals surface area contributed by atoms with Crippen molar-refractivity contribution in [1.82, 2.24) is 20.6 Å². The molecule has 9 nitrogen and oxygen atoms in total. The van der Waals surface area contributed by atoms with Crippen molar-refractivity contribution in [3.63, 3.8) is 0 Å². The predicted molar refractivity (Wildman–Crippen MR) is 149 cm³/mol. The van der Waals surface area contributed by atoms with Crippen LogP contribution in [0.1, 0.15) is 26.2 Å². The number of aromatic nitrogens is 2. The number of carbonyl (C=O) groups is 2. The Morgan fingerprint density at radius 1 is 1.24 bits per heavy atom. The lowest BCUT2D eigenvalue weighted by atomic mass is 9.93. The number of carbonyl (C=O) groups excluding carboxylic acids is 2. The molecule has 0 spiro atoms. The average Bonchev–Trinajstić information content (AvgIpc) is 2.91. The maximum atomic E-state index is 14.5. The number of nitrogens with zero attached hydrogens (tertiary/aromatic N) is 2. The fraction of sp³-hybridized carbons (Fsp3) is 0.333. The van der Waals surface area contributed by atoms with Gasteiger partial charge in [0.1, 0.15) is 23.7 Å². The minimum atomic E-state index is -0.447. The summed E-state index contributed by atoms with van der Waals surface area (Å²) in [4.78, 5) is 32.9. The highest BCUT2D eigenvalue weighted by Gasteiger charge is 2.23. The number of fused-ring (bicyclic) bond motifs is 1. The van der Waals surface area contributed by atoms with Crippen molar-refractivity contribution >= 4 is 55.8 Å². The topological polar surface area (TPSA) is 117 Å². The van der Waals surface area contributed by atoms with E-state index in [4.69, 9.17) is 4.74 Å². The summed E-state index contributed by atoms with van der Waals surface area (Å²) in [5, 5.41) is 12.4. The fourth-order valence-corrected chi connectivity index (χ4v) is 4.62. The van der Waals surface area contributed by atoms with Gasteiger partial charge in [-0.3, -0.25) is 9.59 Å². The number of ether oxygens (including phenoxy) is 1. The molecule has 200 valence electrons. The second-order valence-corrected chi connectivity index (χ2v) is 9.96. The molecule has 4 rings (SSSR count). The van der Waals surface area contributed by atoms with Crippen LogP contribution in [0.3, 0.4) is 0 Å². The van der Waals surface area contributed by atoms with Crippen LogP contribution in [0, 0.1) is 11.7 Å². The van der Waals surface area contributed by atoms with Gasteiger partial charge in [-0.1, -0.05) is 22.5 Å². The summed E-state index contributed by atoms with van der Waals surface area (Å²) in [6.45, 7) is 7.46. The third-order valence-electron chi connectivity index (χ3n) is 6.39. The normalized spacial score (nSPS) is 14.5. The van der Waals surface area contributed by atoms with Crippen LogP contribution in [0.15, 0.2) is 53.8 Å². The van der Waals surface area contributed by atoms with E-state index in [9.17, 15) is 14.0 Å². The van der Waals surface area contributed by atoms with E-state index in [0.29, 0.717) is 38.5 Å². The summed E-state index contributed by atoms with van der Waals surface area (Å²) >= 11 is 3.26. The van der Waals surface area contributed by atoms with Gasteiger partial charge >= 0.3 is 0 Å². The van der Waals surface area contributed by atoms with E-state index in [1.807, 2.05) is 6.92 Å². The third kappa shape index (κ3) is 7.05. The molecule has 11 heteroatoms. The number of nitrogens with one attached hydrogen (secondary N) is 4. The molecule has 1 unspecified atom stereocenters. The Balaban J connectivity index is 1.64. The van der Waals surface area contributed by atoms with E-state index < -0.39 is 5.82 Å². The molecule has 38 heavy (non-hydrogen) atoms. The molecule has 2 heterocycles. The summed E-state index contributed by atoms with van der Waals surface area (Å²) in [6.07, 6.45) is 4.50. The molecular weight excluding hydrogens is 555 g/mol. The highest BCUT2D eigenvalue weighted by atomic mass is 79.9. The van der Waals surface area contributed by atoms with Gasteiger partial charge in [-0.2, -0.15) is 0 Å². The number of hydrogen-bond donors (Lipinski definition) is 4. The zero-order valence-electron chi connectivity index (χ0n) is 21.0. The lowest BCUT2D eigenvalue weighted by Gasteiger charge is -2.29. The summed E-state index contributed by atoms with van der Waals surface area (Å²) < 4.78 is 21.5. The first-order valence-electron chi connectivity index (χ1n) is 12.4. The van der Waals surface area contributed by atoms with Gasteiger partial charge in [0.2, 0.25) is 11.8 Å². The Kier molecular flexibility index (Phi) is 9.24. The van der Waals surface area contributed by atoms with Gasteiger partial charge in [0.15, 0.2) is 0 Å². The number of piperidine rings is 1. The Hall–Kier alpha value is -3.57. The number of rotatable bonds is 10. The molecule has 1 atom stereocenters. The predicted octanol–water partition coefficient (Wildman–Crippen LogP) is 4.67. The molecule has 2 aromatic carbocycles. The van der Waals surface area contributed by atoms with Crippen LogP contribution in [-0.4, -0.2) is 47.5 Å². The van der Waals surface area contributed by atoms with Gasteiger partial charge in [-0.25, -0.2) is 14.4 Å². The van der Waals surface area contributed by atoms with Crippen molar-refractivity contribution in [3.8, 4) is 5.75 Å². The van der Waals surface area contributed by atoms with E-state index in [1.165, 1.54) is 12.4 Å². The highest BCUT2D eigenvalue weighted by Crippen LogP contribution is 2.35. The number of amides is 2. The van der Waals surface area contributed by atoms with E-state index in [2.05, 4.69) is 53.7 Å².